The van der Waals surface area contributed by atoms with E-state index in [4.69, 9.17) is 0 Å². The van der Waals surface area contributed by atoms with Crippen molar-refractivity contribution in [3.05, 3.63) is 29.8 Å². The zero-order chi connectivity index (χ0) is 16.3. The zero-order valence-corrected chi connectivity index (χ0v) is 14.8. The molecule has 0 aliphatic carbocycles. The average molecular weight is 312 g/mol. The molecule has 1 rings (SSSR count). The van der Waals surface area contributed by atoms with Gasteiger partial charge in [0.05, 0.1) is 4.90 Å². The minimum absolute atomic E-state index is 0.356. The maximum absolute atomic E-state index is 12.7. The van der Waals surface area contributed by atoms with Crippen LogP contribution in [0.25, 0.3) is 0 Å². The van der Waals surface area contributed by atoms with Crippen molar-refractivity contribution in [2.75, 3.05) is 7.05 Å². The van der Waals surface area contributed by atoms with Gasteiger partial charge >= 0.3 is 0 Å². The summed E-state index contributed by atoms with van der Waals surface area (Å²) in [7, 11) is -1.81. The number of nitrogens with zero attached hydrogens (tertiary/aromatic N) is 1. The van der Waals surface area contributed by atoms with E-state index in [-0.39, 0.29) is 0 Å². The summed E-state index contributed by atoms with van der Waals surface area (Å²) in [6.07, 6.45) is 0.761. The van der Waals surface area contributed by atoms with E-state index in [2.05, 4.69) is 19.2 Å². The first kappa shape index (κ1) is 18.1. The molecule has 0 radical (unpaired) electrons. The van der Waals surface area contributed by atoms with E-state index in [9.17, 15) is 8.42 Å². The summed E-state index contributed by atoms with van der Waals surface area (Å²) < 4.78 is 26.9. The third kappa shape index (κ3) is 4.53. The second kappa shape index (κ2) is 6.90. The Morgan fingerprint density at radius 1 is 1.29 bits per heavy atom. The Kier molecular flexibility index (Phi) is 5.96. The summed E-state index contributed by atoms with van der Waals surface area (Å²) in [5.74, 6) is 0. The lowest BCUT2D eigenvalue weighted by Gasteiger charge is -2.33. The van der Waals surface area contributed by atoms with Crippen molar-refractivity contribution in [2.24, 2.45) is 0 Å². The van der Waals surface area contributed by atoms with Crippen LogP contribution in [0, 0.1) is 0 Å². The molecule has 0 bridgehead atoms. The van der Waals surface area contributed by atoms with Crippen molar-refractivity contribution in [1.82, 2.24) is 9.62 Å². The molecular weight excluding hydrogens is 284 g/mol. The van der Waals surface area contributed by atoms with Gasteiger partial charge in [-0.15, -0.1) is 0 Å². The molecule has 0 aliphatic rings. The van der Waals surface area contributed by atoms with Gasteiger partial charge in [-0.3, -0.25) is 0 Å². The lowest BCUT2D eigenvalue weighted by Crippen LogP contribution is -2.44. The molecule has 0 saturated carbocycles. The summed E-state index contributed by atoms with van der Waals surface area (Å²) in [6, 6.07) is 7.53. The smallest absolute Gasteiger partial charge is 0.243 e. The van der Waals surface area contributed by atoms with Gasteiger partial charge in [0.15, 0.2) is 0 Å². The molecule has 5 heteroatoms. The normalized spacial score (nSPS) is 13.1. The number of hydrogen-bond donors (Lipinski definition) is 1. The van der Waals surface area contributed by atoms with Crippen LogP contribution in [0.2, 0.25) is 0 Å². The first-order valence-electron chi connectivity index (χ1n) is 7.42. The van der Waals surface area contributed by atoms with Gasteiger partial charge in [0.2, 0.25) is 10.0 Å². The fourth-order valence-corrected chi connectivity index (χ4v) is 3.49. The molecule has 21 heavy (non-hydrogen) atoms. The summed E-state index contributed by atoms with van der Waals surface area (Å²) in [4.78, 5) is 0.356. The number of rotatable bonds is 7. The summed E-state index contributed by atoms with van der Waals surface area (Å²) in [5.41, 5.74) is 0.581. The minimum Gasteiger partial charge on any atom is -0.310 e. The SMILES string of the molecule is CCC(C)(C)N(C)S(=O)(=O)c1cccc(CNC(C)C)c1. The fraction of sp³-hybridized carbons (Fsp3) is 0.625. The van der Waals surface area contributed by atoms with Crippen LogP contribution in [0.4, 0.5) is 0 Å². The van der Waals surface area contributed by atoms with Crippen molar-refractivity contribution < 1.29 is 8.42 Å². The van der Waals surface area contributed by atoms with Crippen LogP contribution < -0.4 is 5.32 Å². The molecule has 0 saturated heterocycles. The topological polar surface area (TPSA) is 49.4 Å². The van der Waals surface area contributed by atoms with Crippen molar-refractivity contribution in [1.29, 1.82) is 0 Å². The van der Waals surface area contributed by atoms with Gasteiger partial charge in [0.25, 0.3) is 0 Å². The van der Waals surface area contributed by atoms with Gasteiger partial charge in [0, 0.05) is 25.2 Å². The van der Waals surface area contributed by atoms with Gasteiger partial charge < -0.3 is 5.32 Å². The van der Waals surface area contributed by atoms with E-state index in [0.29, 0.717) is 17.5 Å². The maximum atomic E-state index is 12.7. The van der Waals surface area contributed by atoms with E-state index in [1.165, 1.54) is 4.31 Å². The van der Waals surface area contributed by atoms with Crippen LogP contribution in [0.5, 0.6) is 0 Å². The van der Waals surface area contributed by atoms with Crippen molar-refractivity contribution >= 4 is 10.0 Å². The van der Waals surface area contributed by atoms with Crippen molar-refractivity contribution in [2.45, 2.75) is 64.1 Å². The van der Waals surface area contributed by atoms with Crippen LogP contribution in [0.1, 0.15) is 46.6 Å². The largest absolute Gasteiger partial charge is 0.310 e. The Morgan fingerprint density at radius 2 is 1.90 bits per heavy atom. The highest BCUT2D eigenvalue weighted by molar-refractivity contribution is 7.89. The molecule has 1 N–H and O–H groups in total. The van der Waals surface area contributed by atoms with Crippen molar-refractivity contribution in [3.63, 3.8) is 0 Å². The highest BCUT2D eigenvalue weighted by Gasteiger charge is 2.32. The van der Waals surface area contributed by atoms with E-state index in [0.717, 1.165) is 12.0 Å². The molecule has 1 aromatic rings. The standard InChI is InChI=1S/C16H28N2O2S/c1-7-16(4,5)18(6)21(19,20)15-10-8-9-14(11-15)12-17-13(2)3/h8-11,13,17H,7,12H2,1-6H3. The average Bonchev–Trinajstić information content (AvgIpc) is 2.44. The van der Waals surface area contributed by atoms with E-state index in [1.54, 1.807) is 25.2 Å². The second-order valence-corrected chi connectivity index (χ2v) is 8.29. The first-order chi connectivity index (χ1) is 9.61. The Bertz CT molecular complexity index is 565. The molecule has 0 spiro atoms. The molecular formula is C16H28N2O2S. The lowest BCUT2D eigenvalue weighted by molar-refractivity contribution is 0.257. The predicted octanol–water partition coefficient (Wildman–Crippen LogP) is 2.99. The quantitative estimate of drug-likeness (QED) is 0.842. The van der Waals surface area contributed by atoms with Gasteiger partial charge in [-0.2, -0.15) is 4.31 Å². The van der Waals surface area contributed by atoms with E-state index in [1.807, 2.05) is 26.8 Å². The highest BCUT2D eigenvalue weighted by Crippen LogP contribution is 2.25. The number of nitrogens with one attached hydrogen (secondary N) is 1. The molecule has 0 aliphatic heterocycles. The lowest BCUT2D eigenvalue weighted by atomic mass is 10.0. The molecule has 4 nitrogen and oxygen atoms in total. The van der Waals surface area contributed by atoms with Gasteiger partial charge in [0.1, 0.15) is 0 Å². The maximum Gasteiger partial charge on any atom is 0.243 e. The molecule has 0 fully saturated rings. The van der Waals surface area contributed by atoms with Crippen LogP contribution >= 0.6 is 0 Å². The van der Waals surface area contributed by atoms with Crippen molar-refractivity contribution in [3.8, 4) is 0 Å². The van der Waals surface area contributed by atoms with E-state index < -0.39 is 15.6 Å². The zero-order valence-electron chi connectivity index (χ0n) is 14.0. The summed E-state index contributed by atoms with van der Waals surface area (Å²) in [6.45, 7) is 10.7. The van der Waals surface area contributed by atoms with Gasteiger partial charge in [-0.25, -0.2) is 8.42 Å². The Morgan fingerprint density at radius 3 is 2.43 bits per heavy atom. The molecule has 1 aromatic carbocycles. The molecule has 0 atom stereocenters. The monoisotopic (exact) mass is 312 g/mol. The summed E-state index contributed by atoms with van der Waals surface area (Å²) >= 11 is 0. The first-order valence-corrected chi connectivity index (χ1v) is 8.86. The van der Waals surface area contributed by atoms with Crippen LogP contribution in [-0.4, -0.2) is 31.4 Å². The number of hydrogen-bond acceptors (Lipinski definition) is 3. The van der Waals surface area contributed by atoms with Crippen LogP contribution in [0.15, 0.2) is 29.2 Å². The number of benzene rings is 1. The van der Waals surface area contributed by atoms with Crippen LogP contribution in [-0.2, 0) is 16.6 Å². The molecule has 0 heterocycles. The molecule has 0 unspecified atom stereocenters. The predicted molar refractivity (Wildman–Crippen MR) is 87.7 cm³/mol. The van der Waals surface area contributed by atoms with Gasteiger partial charge in [-0.1, -0.05) is 32.9 Å². The fourth-order valence-electron chi connectivity index (χ4n) is 1.84. The van der Waals surface area contributed by atoms with Crippen LogP contribution in [0.3, 0.4) is 0 Å². The Labute approximate surface area is 129 Å². The molecule has 0 amide bonds. The minimum atomic E-state index is -3.46. The Hall–Kier alpha value is -0.910. The summed E-state index contributed by atoms with van der Waals surface area (Å²) in [5, 5.41) is 3.30. The van der Waals surface area contributed by atoms with E-state index >= 15 is 0 Å². The van der Waals surface area contributed by atoms with Gasteiger partial charge in [-0.05, 0) is 38.0 Å². The molecule has 120 valence electrons. The second-order valence-electron chi connectivity index (χ2n) is 6.32. The third-order valence-corrected chi connectivity index (χ3v) is 6.05. The molecule has 0 aromatic heterocycles. The third-order valence-electron chi connectivity index (χ3n) is 3.99. The highest BCUT2D eigenvalue weighted by atomic mass is 32.2. The Balaban J connectivity index is 3.06. The number of sulfonamides is 1.